The SMILES string of the molecule is Cc1c(C(=O)N2CCCC[C@@H]2c2ncn[nH]2)cnn1C1CCCCC1. The van der Waals surface area contributed by atoms with Crippen molar-refractivity contribution in [2.45, 2.75) is 70.4 Å². The van der Waals surface area contributed by atoms with Gasteiger partial charge in [0.25, 0.3) is 5.91 Å². The summed E-state index contributed by atoms with van der Waals surface area (Å²) in [5.74, 6) is 0.853. The van der Waals surface area contributed by atoms with Crippen molar-refractivity contribution < 1.29 is 4.79 Å². The fraction of sp³-hybridized carbons (Fsp3) is 0.667. The van der Waals surface area contributed by atoms with Crippen LogP contribution < -0.4 is 0 Å². The Labute approximate surface area is 147 Å². The van der Waals surface area contributed by atoms with Crippen LogP contribution in [0.1, 0.15) is 85.3 Å². The summed E-state index contributed by atoms with van der Waals surface area (Å²) in [6.45, 7) is 2.79. The third-order valence-corrected chi connectivity index (χ3v) is 5.71. The van der Waals surface area contributed by atoms with Crippen LogP contribution in [0, 0.1) is 6.92 Å². The van der Waals surface area contributed by atoms with Gasteiger partial charge in [0, 0.05) is 12.2 Å². The predicted molar refractivity (Wildman–Crippen MR) is 93.1 cm³/mol. The molecule has 0 radical (unpaired) electrons. The molecule has 1 amide bonds. The van der Waals surface area contributed by atoms with Crippen molar-refractivity contribution in [3.8, 4) is 0 Å². The van der Waals surface area contributed by atoms with E-state index in [-0.39, 0.29) is 11.9 Å². The van der Waals surface area contributed by atoms with Crippen LogP contribution in [-0.2, 0) is 0 Å². The normalized spacial score (nSPS) is 22.3. The summed E-state index contributed by atoms with van der Waals surface area (Å²) in [6, 6.07) is 0.433. The largest absolute Gasteiger partial charge is 0.328 e. The van der Waals surface area contributed by atoms with Gasteiger partial charge in [0.2, 0.25) is 0 Å². The average Bonchev–Trinajstić information content (AvgIpc) is 3.32. The van der Waals surface area contributed by atoms with Crippen molar-refractivity contribution in [1.82, 2.24) is 29.9 Å². The van der Waals surface area contributed by atoms with E-state index in [1.165, 1.54) is 38.4 Å². The highest BCUT2D eigenvalue weighted by Crippen LogP contribution is 2.32. The molecule has 0 aromatic carbocycles. The smallest absolute Gasteiger partial charge is 0.257 e. The number of likely N-dealkylation sites (tertiary alicyclic amines) is 1. The zero-order chi connectivity index (χ0) is 17.2. The van der Waals surface area contributed by atoms with Gasteiger partial charge in [-0.05, 0) is 39.0 Å². The third-order valence-electron chi connectivity index (χ3n) is 5.71. The summed E-state index contributed by atoms with van der Waals surface area (Å²) in [7, 11) is 0. The van der Waals surface area contributed by atoms with Crippen molar-refractivity contribution in [2.75, 3.05) is 6.54 Å². The maximum absolute atomic E-state index is 13.2. The first kappa shape index (κ1) is 16.3. The van der Waals surface area contributed by atoms with Crippen LogP contribution in [-0.4, -0.2) is 42.3 Å². The van der Waals surface area contributed by atoms with Gasteiger partial charge >= 0.3 is 0 Å². The highest BCUT2D eigenvalue weighted by atomic mass is 16.2. The number of hydrogen-bond donors (Lipinski definition) is 1. The number of rotatable bonds is 3. The van der Waals surface area contributed by atoms with Crippen LogP contribution >= 0.6 is 0 Å². The zero-order valence-electron chi connectivity index (χ0n) is 14.8. The molecule has 1 saturated heterocycles. The van der Waals surface area contributed by atoms with Crippen molar-refractivity contribution in [2.24, 2.45) is 0 Å². The molecule has 0 unspecified atom stereocenters. The second-order valence-corrected chi connectivity index (χ2v) is 7.26. The molecule has 7 heteroatoms. The van der Waals surface area contributed by atoms with Gasteiger partial charge in [0.15, 0.2) is 0 Å². The van der Waals surface area contributed by atoms with Crippen LogP contribution in [0.3, 0.4) is 0 Å². The topological polar surface area (TPSA) is 79.7 Å². The van der Waals surface area contributed by atoms with Crippen LogP contribution in [0.5, 0.6) is 0 Å². The first-order valence-electron chi connectivity index (χ1n) is 9.46. The number of aromatic nitrogens is 5. The highest BCUT2D eigenvalue weighted by Gasteiger charge is 2.32. The molecule has 2 aromatic rings. The standard InChI is InChI=1S/C18H26N6O/c1-13-15(11-21-24(13)14-7-3-2-4-8-14)18(25)23-10-6-5-9-16(23)17-19-12-20-22-17/h11-12,14,16H,2-10H2,1H3,(H,19,20,22)/t16-/m1/s1. The van der Waals surface area contributed by atoms with E-state index in [0.29, 0.717) is 6.04 Å². The second kappa shape index (κ2) is 6.98. The predicted octanol–water partition coefficient (Wildman–Crippen LogP) is 3.18. The summed E-state index contributed by atoms with van der Waals surface area (Å²) < 4.78 is 2.08. The quantitative estimate of drug-likeness (QED) is 0.929. The van der Waals surface area contributed by atoms with E-state index in [2.05, 4.69) is 25.0 Å². The maximum Gasteiger partial charge on any atom is 0.257 e. The van der Waals surface area contributed by atoms with E-state index in [1.54, 1.807) is 6.20 Å². The monoisotopic (exact) mass is 342 g/mol. The second-order valence-electron chi connectivity index (χ2n) is 7.26. The summed E-state index contributed by atoms with van der Waals surface area (Å²) in [5, 5.41) is 11.5. The first-order valence-corrected chi connectivity index (χ1v) is 9.46. The Bertz CT molecular complexity index is 716. The molecule has 1 aliphatic carbocycles. The van der Waals surface area contributed by atoms with Gasteiger partial charge in [0.1, 0.15) is 12.2 Å². The van der Waals surface area contributed by atoms with Crippen LogP contribution in [0.25, 0.3) is 0 Å². The van der Waals surface area contributed by atoms with Gasteiger partial charge < -0.3 is 4.90 Å². The molecule has 4 rings (SSSR count). The van der Waals surface area contributed by atoms with Crippen molar-refractivity contribution in [1.29, 1.82) is 0 Å². The van der Waals surface area contributed by atoms with E-state index in [9.17, 15) is 4.79 Å². The van der Waals surface area contributed by atoms with Crippen LogP contribution in [0.15, 0.2) is 12.5 Å². The number of carbonyl (C=O) groups excluding carboxylic acids is 1. The molecule has 7 nitrogen and oxygen atoms in total. The number of piperidine rings is 1. The number of hydrogen-bond acceptors (Lipinski definition) is 4. The molecule has 134 valence electrons. The van der Waals surface area contributed by atoms with Crippen molar-refractivity contribution in [3.63, 3.8) is 0 Å². The van der Waals surface area contributed by atoms with Gasteiger partial charge in [-0.15, -0.1) is 0 Å². The molecule has 2 aliphatic rings. The molecule has 1 atom stereocenters. The Hall–Kier alpha value is -2.18. The molecular weight excluding hydrogens is 316 g/mol. The average molecular weight is 342 g/mol. The lowest BCUT2D eigenvalue weighted by Crippen LogP contribution is -2.39. The Balaban J connectivity index is 1.58. The van der Waals surface area contributed by atoms with Gasteiger partial charge in [0.05, 0.1) is 23.8 Å². The van der Waals surface area contributed by atoms with Gasteiger partial charge in [-0.1, -0.05) is 19.3 Å². The number of H-pyrrole nitrogens is 1. The summed E-state index contributed by atoms with van der Waals surface area (Å²) in [6.07, 6.45) is 12.5. The van der Waals surface area contributed by atoms with Crippen LogP contribution in [0.4, 0.5) is 0 Å². The molecule has 3 heterocycles. The molecule has 2 fully saturated rings. The van der Waals surface area contributed by atoms with E-state index in [4.69, 9.17) is 0 Å². The van der Waals surface area contributed by atoms with Gasteiger partial charge in [-0.2, -0.15) is 10.2 Å². The lowest BCUT2D eigenvalue weighted by molar-refractivity contribution is 0.0599. The highest BCUT2D eigenvalue weighted by molar-refractivity contribution is 5.95. The third kappa shape index (κ3) is 3.07. The first-order chi connectivity index (χ1) is 12.3. The van der Waals surface area contributed by atoms with E-state index in [0.717, 1.165) is 42.9 Å². The Morgan fingerprint density at radius 3 is 2.72 bits per heavy atom. The van der Waals surface area contributed by atoms with Gasteiger partial charge in [-0.25, -0.2) is 4.98 Å². The van der Waals surface area contributed by atoms with E-state index >= 15 is 0 Å². The number of amides is 1. The fourth-order valence-electron chi connectivity index (χ4n) is 4.32. The lowest BCUT2D eigenvalue weighted by Gasteiger charge is -2.34. The minimum atomic E-state index is -0.0128. The summed E-state index contributed by atoms with van der Waals surface area (Å²) >= 11 is 0. The Morgan fingerprint density at radius 1 is 1.16 bits per heavy atom. The Kier molecular flexibility index (Phi) is 4.55. The lowest BCUT2D eigenvalue weighted by atomic mass is 9.95. The zero-order valence-corrected chi connectivity index (χ0v) is 14.8. The minimum Gasteiger partial charge on any atom is -0.328 e. The molecule has 0 spiro atoms. The molecule has 2 aromatic heterocycles. The Morgan fingerprint density at radius 2 is 1.96 bits per heavy atom. The van der Waals surface area contributed by atoms with Crippen molar-refractivity contribution in [3.05, 3.63) is 29.6 Å². The number of carbonyl (C=O) groups is 1. The maximum atomic E-state index is 13.2. The molecule has 25 heavy (non-hydrogen) atoms. The fourth-order valence-corrected chi connectivity index (χ4v) is 4.32. The van der Waals surface area contributed by atoms with Crippen molar-refractivity contribution >= 4 is 5.91 Å². The van der Waals surface area contributed by atoms with Crippen LogP contribution in [0.2, 0.25) is 0 Å². The molecule has 0 bridgehead atoms. The number of nitrogens with zero attached hydrogens (tertiary/aromatic N) is 5. The molecule has 1 saturated carbocycles. The number of aromatic amines is 1. The summed E-state index contributed by atoms with van der Waals surface area (Å²) in [4.78, 5) is 19.5. The molecular formula is C18H26N6O. The minimum absolute atomic E-state index is 0.0128. The van der Waals surface area contributed by atoms with E-state index < -0.39 is 0 Å². The molecule has 1 aliphatic heterocycles. The van der Waals surface area contributed by atoms with Gasteiger partial charge in [-0.3, -0.25) is 14.6 Å². The molecule has 1 N–H and O–H groups in total. The number of nitrogens with one attached hydrogen (secondary N) is 1. The summed E-state index contributed by atoms with van der Waals surface area (Å²) in [5.41, 5.74) is 1.73. The van der Waals surface area contributed by atoms with E-state index in [1.807, 2.05) is 11.8 Å².